The lowest BCUT2D eigenvalue weighted by Gasteiger charge is -2.32. The van der Waals surface area contributed by atoms with Crippen molar-refractivity contribution in [2.75, 3.05) is 29.1 Å². The van der Waals surface area contributed by atoms with Crippen molar-refractivity contribution in [3.8, 4) is 0 Å². The highest BCUT2D eigenvalue weighted by molar-refractivity contribution is 8.01. The van der Waals surface area contributed by atoms with E-state index in [2.05, 4.69) is 17.1 Å². The number of carbonyl (C=O) groups is 2. The van der Waals surface area contributed by atoms with Crippen LogP contribution < -0.4 is 10.2 Å². The second-order valence-electron chi connectivity index (χ2n) is 7.46. The normalized spacial score (nSPS) is 28.4. The molecule has 1 N–H and O–H groups in total. The average Bonchev–Trinajstić information content (AvgIpc) is 3.12. The van der Waals surface area contributed by atoms with Crippen LogP contribution in [0.1, 0.15) is 39.0 Å². The number of benzene rings is 1. The van der Waals surface area contributed by atoms with E-state index in [0.717, 1.165) is 43.7 Å². The van der Waals surface area contributed by atoms with E-state index in [4.69, 9.17) is 11.6 Å². The molecule has 0 radical (unpaired) electrons. The maximum atomic E-state index is 13.0. The van der Waals surface area contributed by atoms with Crippen LogP contribution in [0.2, 0.25) is 5.02 Å². The van der Waals surface area contributed by atoms with Gasteiger partial charge in [0.25, 0.3) is 0 Å². The van der Waals surface area contributed by atoms with Crippen LogP contribution >= 0.6 is 23.4 Å². The number of hydrogen-bond acceptors (Lipinski definition) is 4. The van der Waals surface area contributed by atoms with Crippen LogP contribution in [0.15, 0.2) is 18.2 Å². The highest BCUT2D eigenvalue weighted by atomic mass is 35.5. The summed E-state index contributed by atoms with van der Waals surface area (Å²) in [5, 5.41) is 3.67. The van der Waals surface area contributed by atoms with Gasteiger partial charge in [0.15, 0.2) is 0 Å². The third kappa shape index (κ3) is 3.18. The van der Waals surface area contributed by atoms with E-state index in [9.17, 15) is 9.59 Å². The van der Waals surface area contributed by atoms with Gasteiger partial charge in [-0.25, -0.2) is 0 Å². The summed E-state index contributed by atoms with van der Waals surface area (Å²) in [6.45, 7) is 4.05. The Kier molecular flexibility index (Phi) is 4.82. The van der Waals surface area contributed by atoms with Gasteiger partial charge in [-0.05, 0) is 50.8 Å². The first kappa shape index (κ1) is 18.0. The number of nitrogens with zero attached hydrogens (tertiary/aromatic N) is 2. The quantitative estimate of drug-likeness (QED) is 0.850. The van der Waals surface area contributed by atoms with Crippen LogP contribution in [0.25, 0.3) is 0 Å². The molecule has 0 saturated carbocycles. The molecule has 0 aromatic heterocycles. The number of nitrogens with one attached hydrogen (secondary N) is 1. The Morgan fingerprint density at radius 3 is 2.85 bits per heavy atom. The molecule has 3 aliphatic heterocycles. The van der Waals surface area contributed by atoms with Crippen LogP contribution in [-0.2, 0) is 9.59 Å². The molecule has 26 heavy (non-hydrogen) atoms. The molecule has 4 rings (SSSR count). The lowest BCUT2D eigenvalue weighted by molar-refractivity contribution is -0.135. The number of fused-ring (bicyclic) bond motifs is 1. The molecule has 0 bridgehead atoms. The van der Waals surface area contributed by atoms with Gasteiger partial charge in [0, 0.05) is 30.3 Å². The van der Waals surface area contributed by atoms with Crippen molar-refractivity contribution >= 4 is 46.6 Å². The van der Waals surface area contributed by atoms with Crippen LogP contribution in [0.4, 0.5) is 11.4 Å². The van der Waals surface area contributed by atoms with Crippen LogP contribution in [0, 0.1) is 0 Å². The molecule has 0 spiro atoms. The highest BCUT2D eigenvalue weighted by Gasteiger charge is 2.52. The molecule has 7 heteroatoms. The molecular formula is C19H24ClN3O2S. The van der Waals surface area contributed by atoms with Crippen LogP contribution in [0.3, 0.4) is 0 Å². The Morgan fingerprint density at radius 2 is 2.08 bits per heavy atom. The number of anilines is 2. The summed E-state index contributed by atoms with van der Waals surface area (Å²) in [4.78, 5) is 29.2. The van der Waals surface area contributed by atoms with E-state index >= 15 is 0 Å². The van der Waals surface area contributed by atoms with E-state index in [-0.39, 0.29) is 16.7 Å². The van der Waals surface area contributed by atoms with E-state index < -0.39 is 6.04 Å². The number of hydrogen-bond donors (Lipinski definition) is 1. The smallest absolute Gasteiger partial charge is 0.248 e. The first-order valence-electron chi connectivity index (χ1n) is 9.29. The fraction of sp³-hybridized carbons (Fsp3) is 0.579. The predicted octanol–water partition coefficient (Wildman–Crippen LogP) is 3.72. The fourth-order valence-corrected chi connectivity index (χ4v) is 5.85. The molecule has 140 valence electrons. The minimum Gasteiger partial charge on any atom is -0.370 e. The van der Waals surface area contributed by atoms with Gasteiger partial charge in [-0.3, -0.25) is 9.59 Å². The minimum atomic E-state index is -0.409. The van der Waals surface area contributed by atoms with Gasteiger partial charge in [-0.1, -0.05) is 11.6 Å². The maximum Gasteiger partial charge on any atom is 0.248 e. The number of halogens is 1. The zero-order chi connectivity index (χ0) is 18.3. The topological polar surface area (TPSA) is 52.7 Å². The van der Waals surface area contributed by atoms with Crippen LogP contribution in [0.5, 0.6) is 0 Å². The van der Waals surface area contributed by atoms with Crippen LogP contribution in [-0.4, -0.2) is 46.5 Å². The zero-order valence-corrected chi connectivity index (χ0v) is 16.5. The van der Waals surface area contributed by atoms with Gasteiger partial charge >= 0.3 is 0 Å². The summed E-state index contributed by atoms with van der Waals surface area (Å²) in [6, 6.07) is 5.26. The van der Waals surface area contributed by atoms with Crippen molar-refractivity contribution in [3.05, 3.63) is 23.2 Å². The first-order valence-corrected chi connectivity index (χ1v) is 10.7. The van der Waals surface area contributed by atoms with Crippen molar-refractivity contribution in [1.29, 1.82) is 0 Å². The molecule has 2 amide bonds. The summed E-state index contributed by atoms with van der Waals surface area (Å²) >= 11 is 7.90. The molecule has 1 aromatic carbocycles. The fourth-order valence-electron chi connectivity index (χ4n) is 4.25. The van der Waals surface area contributed by atoms with Gasteiger partial charge in [-0.2, -0.15) is 0 Å². The van der Waals surface area contributed by atoms with E-state index in [1.54, 1.807) is 16.7 Å². The molecule has 1 aromatic rings. The largest absolute Gasteiger partial charge is 0.370 e. The molecule has 0 unspecified atom stereocenters. The maximum absolute atomic E-state index is 13.0. The number of piperidine rings is 1. The SMILES string of the molecule is C[C@]12CCC(=O)N1[C@H](C(=O)Nc1cc(Cl)ccc1N1CCCCC1)CS2. The second kappa shape index (κ2) is 6.97. The number of rotatable bonds is 3. The van der Waals surface area contributed by atoms with Crippen molar-refractivity contribution in [3.63, 3.8) is 0 Å². The minimum absolute atomic E-state index is 0.0833. The summed E-state index contributed by atoms with van der Waals surface area (Å²) in [5.74, 6) is 0.616. The van der Waals surface area contributed by atoms with Gasteiger partial charge < -0.3 is 15.1 Å². The summed E-state index contributed by atoms with van der Waals surface area (Å²) in [6.07, 6.45) is 4.92. The monoisotopic (exact) mass is 393 g/mol. The number of carbonyl (C=O) groups excluding carboxylic acids is 2. The Hall–Kier alpha value is -1.40. The summed E-state index contributed by atoms with van der Waals surface area (Å²) < 4.78 is 0. The third-order valence-electron chi connectivity index (χ3n) is 5.66. The van der Waals surface area contributed by atoms with E-state index in [1.807, 2.05) is 18.2 Å². The van der Waals surface area contributed by atoms with Gasteiger partial charge in [0.1, 0.15) is 6.04 Å². The van der Waals surface area contributed by atoms with Gasteiger partial charge in [0.2, 0.25) is 11.8 Å². The average molecular weight is 394 g/mol. The Balaban J connectivity index is 1.56. The highest BCUT2D eigenvalue weighted by Crippen LogP contribution is 2.47. The Bertz CT molecular complexity index is 737. The molecule has 3 aliphatic rings. The molecule has 3 heterocycles. The first-order chi connectivity index (χ1) is 12.5. The number of amides is 2. The van der Waals surface area contributed by atoms with Crippen molar-refractivity contribution < 1.29 is 9.59 Å². The Labute approximate surface area is 163 Å². The summed E-state index contributed by atoms with van der Waals surface area (Å²) in [5.41, 5.74) is 1.76. The Morgan fingerprint density at radius 1 is 1.31 bits per heavy atom. The van der Waals surface area contributed by atoms with E-state index in [0.29, 0.717) is 17.2 Å². The van der Waals surface area contributed by atoms with E-state index in [1.165, 1.54) is 6.42 Å². The van der Waals surface area contributed by atoms with Crippen molar-refractivity contribution in [2.24, 2.45) is 0 Å². The van der Waals surface area contributed by atoms with Crippen molar-refractivity contribution in [1.82, 2.24) is 4.90 Å². The molecule has 3 saturated heterocycles. The zero-order valence-electron chi connectivity index (χ0n) is 15.0. The lowest BCUT2D eigenvalue weighted by Crippen LogP contribution is -2.48. The lowest BCUT2D eigenvalue weighted by atomic mass is 10.1. The second-order valence-corrected chi connectivity index (χ2v) is 9.40. The summed E-state index contributed by atoms with van der Waals surface area (Å²) in [7, 11) is 0. The third-order valence-corrected chi connectivity index (χ3v) is 7.40. The number of thioether (sulfide) groups is 1. The molecular weight excluding hydrogens is 370 g/mol. The van der Waals surface area contributed by atoms with Crippen molar-refractivity contribution in [2.45, 2.75) is 49.9 Å². The van der Waals surface area contributed by atoms with Gasteiger partial charge in [0.05, 0.1) is 16.2 Å². The molecule has 3 fully saturated rings. The molecule has 5 nitrogen and oxygen atoms in total. The van der Waals surface area contributed by atoms with Gasteiger partial charge in [-0.15, -0.1) is 11.8 Å². The molecule has 0 aliphatic carbocycles. The standard InChI is InChI=1S/C19H24ClN3O2S/c1-19-8-7-17(24)23(19)16(12-26-19)18(25)21-14-11-13(20)5-6-15(14)22-9-3-2-4-10-22/h5-6,11,16H,2-4,7-10,12H2,1H3,(H,21,25)/t16-,19-/m0/s1. The molecule has 2 atom stereocenters. The predicted molar refractivity (Wildman–Crippen MR) is 107 cm³/mol.